The Morgan fingerprint density at radius 3 is 2.45 bits per heavy atom. The van der Waals surface area contributed by atoms with Crippen LogP contribution in [0.4, 0.5) is 5.69 Å². The number of rotatable bonds is 8. The molecule has 0 aliphatic rings. The molecular weight excluding hydrogens is 286 g/mol. The molecule has 0 heterocycles. The van der Waals surface area contributed by atoms with E-state index in [9.17, 15) is 19.7 Å². The molecule has 0 aliphatic heterocycles. The van der Waals surface area contributed by atoms with Crippen LogP contribution in [0, 0.1) is 10.1 Å². The van der Waals surface area contributed by atoms with Crippen molar-refractivity contribution in [2.45, 2.75) is 45.4 Å². The van der Waals surface area contributed by atoms with Gasteiger partial charge in [0.25, 0.3) is 11.6 Å². The van der Waals surface area contributed by atoms with Crippen molar-refractivity contribution in [3.63, 3.8) is 0 Å². The fourth-order valence-corrected chi connectivity index (χ4v) is 1.97. The highest BCUT2D eigenvalue weighted by atomic mass is 16.6. The quantitative estimate of drug-likeness (QED) is 0.438. The van der Waals surface area contributed by atoms with E-state index in [1.54, 1.807) is 0 Å². The summed E-state index contributed by atoms with van der Waals surface area (Å²) in [5.41, 5.74) is 4.10. The molecule has 1 aromatic carbocycles. The van der Waals surface area contributed by atoms with Crippen LogP contribution in [0.15, 0.2) is 24.3 Å². The van der Waals surface area contributed by atoms with Crippen molar-refractivity contribution in [1.29, 1.82) is 0 Å². The minimum absolute atomic E-state index is 0.0873. The molecule has 2 amide bonds. The molecule has 1 aromatic rings. The van der Waals surface area contributed by atoms with E-state index in [1.165, 1.54) is 24.3 Å². The summed E-state index contributed by atoms with van der Waals surface area (Å²) in [5, 5.41) is 10.8. The lowest BCUT2D eigenvalue weighted by molar-refractivity contribution is -0.385. The highest BCUT2D eigenvalue weighted by Gasteiger charge is 2.19. The van der Waals surface area contributed by atoms with Gasteiger partial charge < -0.3 is 0 Å². The van der Waals surface area contributed by atoms with E-state index in [2.05, 4.69) is 17.8 Å². The number of carbonyl (C=O) groups excluding carboxylic acids is 2. The van der Waals surface area contributed by atoms with Crippen molar-refractivity contribution in [1.82, 2.24) is 10.9 Å². The fraction of sp³-hybridized carbons (Fsp3) is 0.467. The van der Waals surface area contributed by atoms with Crippen LogP contribution < -0.4 is 10.9 Å². The molecule has 0 spiro atoms. The number of unbranched alkanes of at least 4 members (excludes halogenated alkanes) is 4. The molecule has 0 fully saturated rings. The van der Waals surface area contributed by atoms with Crippen molar-refractivity contribution in [2.24, 2.45) is 0 Å². The van der Waals surface area contributed by atoms with Crippen LogP contribution in [0.5, 0.6) is 0 Å². The zero-order valence-corrected chi connectivity index (χ0v) is 12.6. The number of nitrogens with zero attached hydrogens (tertiary/aromatic N) is 1. The van der Waals surface area contributed by atoms with Crippen molar-refractivity contribution < 1.29 is 14.5 Å². The summed E-state index contributed by atoms with van der Waals surface area (Å²) >= 11 is 0. The van der Waals surface area contributed by atoms with E-state index in [1.807, 2.05) is 0 Å². The predicted octanol–water partition coefficient (Wildman–Crippen LogP) is 2.72. The molecule has 0 saturated carbocycles. The summed E-state index contributed by atoms with van der Waals surface area (Å²) in [6, 6.07) is 5.58. The molecule has 7 nitrogen and oxygen atoms in total. The van der Waals surface area contributed by atoms with Gasteiger partial charge in [-0.15, -0.1) is 0 Å². The maximum atomic E-state index is 11.9. The minimum Gasteiger partial charge on any atom is -0.273 e. The number of hydrazine groups is 1. The van der Waals surface area contributed by atoms with Gasteiger partial charge in [-0.3, -0.25) is 30.6 Å². The minimum atomic E-state index is -0.702. The van der Waals surface area contributed by atoms with Crippen LogP contribution >= 0.6 is 0 Å². The Balaban J connectivity index is 2.40. The summed E-state index contributed by atoms with van der Waals surface area (Å²) in [4.78, 5) is 33.6. The number of para-hydroxylation sites is 1. The van der Waals surface area contributed by atoms with Gasteiger partial charge in [-0.1, -0.05) is 44.7 Å². The molecule has 0 atom stereocenters. The lowest BCUT2D eigenvalue weighted by atomic mass is 10.1. The van der Waals surface area contributed by atoms with Crippen LogP contribution in [-0.4, -0.2) is 16.7 Å². The Labute approximate surface area is 129 Å². The average molecular weight is 307 g/mol. The van der Waals surface area contributed by atoms with Crippen LogP contribution in [-0.2, 0) is 4.79 Å². The normalized spacial score (nSPS) is 10.0. The third kappa shape index (κ3) is 5.90. The van der Waals surface area contributed by atoms with Gasteiger partial charge in [-0.25, -0.2) is 0 Å². The lowest BCUT2D eigenvalue weighted by Crippen LogP contribution is -2.41. The van der Waals surface area contributed by atoms with E-state index < -0.39 is 10.8 Å². The Kier molecular flexibility index (Phi) is 7.60. The first-order valence-electron chi connectivity index (χ1n) is 7.39. The summed E-state index contributed by atoms with van der Waals surface area (Å²) < 4.78 is 0. The molecule has 0 saturated heterocycles. The number of amides is 2. The van der Waals surface area contributed by atoms with Crippen LogP contribution in [0.3, 0.4) is 0 Å². The summed E-state index contributed by atoms with van der Waals surface area (Å²) in [7, 11) is 0. The second-order valence-electron chi connectivity index (χ2n) is 4.94. The summed E-state index contributed by atoms with van der Waals surface area (Å²) in [5.74, 6) is -1.00. The number of benzene rings is 1. The number of nitro groups is 1. The first-order valence-corrected chi connectivity index (χ1v) is 7.39. The third-order valence-corrected chi connectivity index (χ3v) is 3.17. The Morgan fingerprint density at radius 1 is 1.09 bits per heavy atom. The molecule has 120 valence electrons. The molecular formula is C15H21N3O4. The first-order chi connectivity index (χ1) is 10.6. The zero-order valence-electron chi connectivity index (χ0n) is 12.6. The van der Waals surface area contributed by atoms with Crippen molar-refractivity contribution >= 4 is 17.5 Å². The van der Waals surface area contributed by atoms with Gasteiger partial charge >= 0.3 is 0 Å². The summed E-state index contributed by atoms with van der Waals surface area (Å²) in [6.07, 6.45) is 5.42. The number of nitro benzene ring substituents is 1. The van der Waals surface area contributed by atoms with E-state index in [-0.39, 0.29) is 17.2 Å². The van der Waals surface area contributed by atoms with Crippen molar-refractivity contribution in [3.8, 4) is 0 Å². The van der Waals surface area contributed by atoms with Gasteiger partial charge in [0.15, 0.2) is 0 Å². The second-order valence-corrected chi connectivity index (χ2v) is 4.94. The van der Waals surface area contributed by atoms with Gasteiger partial charge in [0.2, 0.25) is 5.91 Å². The SMILES string of the molecule is CCCCCCCC(=O)NNC(=O)c1ccccc1[N+](=O)[O-]. The standard InChI is InChI=1S/C15H21N3O4/c1-2-3-4-5-6-11-14(19)16-17-15(20)12-9-7-8-10-13(12)18(21)22/h7-10H,2-6,11H2,1H3,(H,16,19)(H,17,20). The van der Waals surface area contributed by atoms with E-state index in [4.69, 9.17) is 0 Å². The highest BCUT2D eigenvalue weighted by molar-refractivity contribution is 5.98. The smallest absolute Gasteiger partial charge is 0.273 e. The van der Waals surface area contributed by atoms with Crippen molar-refractivity contribution in [3.05, 3.63) is 39.9 Å². The molecule has 22 heavy (non-hydrogen) atoms. The molecule has 7 heteroatoms. The molecule has 0 bridgehead atoms. The molecule has 0 aromatic heterocycles. The van der Waals surface area contributed by atoms with Crippen LogP contribution in [0.25, 0.3) is 0 Å². The Morgan fingerprint density at radius 2 is 1.77 bits per heavy atom. The Hall–Kier alpha value is -2.44. The summed E-state index contributed by atoms with van der Waals surface area (Å²) in [6.45, 7) is 2.12. The maximum absolute atomic E-state index is 11.9. The third-order valence-electron chi connectivity index (χ3n) is 3.17. The largest absolute Gasteiger partial charge is 0.282 e. The highest BCUT2D eigenvalue weighted by Crippen LogP contribution is 2.16. The van der Waals surface area contributed by atoms with Gasteiger partial charge in [0.1, 0.15) is 5.56 Å². The topological polar surface area (TPSA) is 101 Å². The van der Waals surface area contributed by atoms with Crippen molar-refractivity contribution in [2.75, 3.05) is 0 Å². The van der Waals surface area contributed by atoms with Crippen LogP contribution in [0.2, 0.25) is 0 Å². The van der Waals surface area contributed by atoms with E-state index >= 15 is 0 Å². The zero-order chi connectivity index (χ0) is 16.4. The molecule has 1 rings (SSSR count). The van der Waals surface area contributed by atoms with Gasteiger partial charge in [0.05, 0.1) is 4.92 Å². The average Bonchev–Trinajstić information content (AvgIpc) is 2.52. The lowest BCUT2D eigenvalue weighted by Gasteiger charge is -2.07. The number of hydrogen-bond acceptors (Lipinski definition) is 4. The second kappa shape index (κ2) is 9.49. The van der Waals surface area contributed by atoms with E-state index in [0.29, 0.717) is 6.42 Å². The maximum Gasteiger partial charge on any atom is 0.282 e. The van der Waals surface area contributed by atoms with E-state index in [0.717, 1.165) is 32.1 Å². The van der Waals surface area contributed by atoms with Gasteiger partial charge in [0, 0.05) is 12.5 Å². The van der Waals surface area contributed by atoms with Gasteiger partial charge in [-0.05, 0) is 12.5 Å². The van der Waals surface area contributed by atoms with Gasteiger partial charge in [-0.2, -0.15) is 0 Å². The number of nitrogens with one attached hydrogen (secondary N) is 2. The fourth-order valence-electron chi connectivity index (χ4n) is 1.97. The number of carbonyl (C=O) groups is 2. The predicted molar refractivity (Wildman–Crippen MR) is 82.1 cm³/mol. The first kappa shape index (κ1) is 17.6. The monoisotopic (exact) mass is 307 g/mol. The van der Waals surface area contributed by atoms with Crippen LogP contribution in [0.1, 0.15) is 55.8 Å². The Bertz CT molecular complexity index is 531. The molecule has 0 aliphatic carbocycles. The molecule has 0 radical (unpaired) electrons. The number of hydrogen-bond donors (Lipinski definition) is 2. The molecule has 0 unspecified atom stereocenters. The molecule has 2 N–H and O–H groups in total.